The molecule has 0 aromatic heterocycles. The number of benzene rings is 2. The number of hydrogen-bond acceptors (Lipinski definition) is 4. The molecule has 2 rings (SSSR count). The second kappa shape index (κ2) is 9.78. The molecule has 6 heteroatoms. The number of para-hydroxylation sites is 1. The largest absolute Gasteiger partial charge is 0.483 e. The smallest absolute Gasteiger partial charge is 0.412 e. The first kappa shape index (κ1) is 21.3. The third-order valence-corrected chi connectivity index (χ3v) is 3.97. The molecular formula is C22H28N2O4. The maximum Gasteiger partial charge on any atom is 0.412 e. The van der Waals surface area contributed by atoms with Gasteiger partial charge in [-0.3, -0.25) is 4.79 Å². The van der Waals surface area contributed by atoms with E-state index in [2.05, 4.69) is 37.5 Å². The molecule has 0 radical (unpaired) electrons. The molecule has 2 aromatic rings. The molecule has 6 nitrogen and oxygen atoms in total. The first-order valence-corrected chi connectivity index (χ1v) is 9.27. The second-order valence-electron chi connectivity index (χ2n) is 7.52. The van der Waals surface area contributed by atoms with Crippen LogP contribution in [-0.4, -0.2) is 31.7 Å². The van der Waals surface area contributed by atoms with E-state index < -0.39 is 6.09 Å². The van der Waals surface area contributed by atoms with Crippen LogP contribution in [0.15, 0.2) is 48.5 Å². The van der Waals surface area contributed by atoms with Crippen LogP contribution in [0.1, 0.15) is 31.9 Å². The molecule has 28 heavy (non-hydrogen) atoms. The molecular weight excluding hydrogens is 356 g/mol. The first-order chi connectivity index (χ1) is 13.3. The van der Waals surface area contributed by atoms with Crippen LogP contribution in [0.5, 0.6) is 11.5 Å². The maximum absolute atomic E-state index is 12.0. The Labute approximate surface area is 166 Å². The third-order valence-electron chi connectivity index (χ3n) is 3.97. The quantitative estimate of drug-likeness (QED) is 0.716. The highest BCUT2D eigenvalue weighted by molar-refractivity contribution is 5.77. The van der Waals surface area contributed by atoms with E-state index in [1.165, 1.54) is 0 Å². The molecule has 150 valence electrons. The van der Waals surface area contributed by atoms with Crippen LogP contribution in [-0.2, 0) is 10.2 Å². The van der Waals surface area contributed by atoms with Gasteiger partial charge in [-0.05, 0) is 36.1 Å². The molecule has 2 aromatic carbocycles. The zero-order valence-corrected chi connectivity index (χ0v) is 16.9. The van der Waals surface area contributed by atoms with E-state index in [0.29, 0.717) is 11.5 Å². The molecule has 0 aliphatic heterocycles. The van der Waals surface area contributed by atoms with Crippen molar-refractivity contribution < 1.29 is 19.1 Å². The molecule has 0 saturated heterocycles. The number of ether oxygens (including phenoxy) is 2. The van der Waals surface area contributed by atoms with Gasteiger partial charge < -0.3 is 20.1 Å². The van der Waals surface area contributed by atoms with Crippen LogP contribution in [0.25, 0.3) is 0 Å². The van der Waals surface area contributed by atoms with Crippen molar-refractivity contribution >= 4 is 12.0 Å². The normalized spacial score (nSPS) is 10.9. The zero-order valence-electron chi connectivity index (χ0n) is 16.9. The highest BCUT2D eigenvalue weighted by Crippen LogP contribution is 2.32. The molecule has 0 spiro atoms. The van der Waals surface area contributed by atoms with E-state index in [9.17, 15) is 9.59 Å². The molecule has 2 N–H and O–H groups in total. The van der Waals surface area contributed by atoms with Crippen molar-refractivity contribution in [1.29, 1.82) is 0 Å². The highest BCUT2D eigenvalue weighted by atomic mass is 16.6. The lowest BCUT2D eigenvalue weighted by Gasteiger charge is -2.23. The van der Waals surface area contributed by atoms with E-state index in [4.69, 9.17) is 9.47 Å². The summed E-state index contributed by atoms with van der Waals surface area (Å²) in [6, 6.07) is 14.7. The van der Waals surface area contributed by atoms with E-state index in [1.54, 1.807) is 24.3 Å². The summed E-state index contributed by atoms with van der Waals surface area (Å²) in [6.45, 7) is 8.81. The molecule has 0 bridgehead atoms. The van der Waals surface area contributed by atoms with Crippen LogP contribution in [0.3, 0.4) is 0 Å². The van der Waals surface area contributed by atoms with Crippen molar-refractivity contribution in [2.24, 2.45) is 0 Å². The van der Waals surface area contributed by atoms with Gasteiger partial charge in [0.1, 0.15) is 11.5 Å². The van der Waals surface area contributed by atoms with Gasteiger partial charge in [0.2, 0.25) is 0 Å². The Balaban J connectivity index is 1.71. The van der Waals surface area contributed by atoms with Gasteiger partial charge in [-0.2, -0.15) is 0 Å². The fourth-order valence-electron chi connectivity index (χ4n) is 2.55. The molecule has 0 heterocycles. The topological polar surface area (TPSA) is 76.7 Å². The summed E-state index contributed by atoms with van der Waals surface area (Å²) in [6.07, 6.45) is -0.564. The van der Waals surface area contributed by atoms with Gasteiger partial charge in [-0.15, -0.1) is 0 Å². The number of hydrogen-bond donors (Lipinski definition) is 2. The summed E-state index contributed by atoms with van der Waals surface area (Å²) in [5.41, 5.74) is 2.13. The molecule has 2 amide bonds. The number of nitrogens with one attached hydrogen (secondary N) is 2. The van der Waals surface area contributed by atoms with Crippen LogP contribution < -0.4 is 20.1 Å². The number of carbonyl (C=O) groups excluding carboxylic acids is 2. The highest BCUT2D eigenvalue weighted by Gasteiger charge is 2.19. The minimum Gasteiger partial charge on any atom is -0.483 e. The van der Waals surface area contributed by atoms with Crippen molar-refractivity contribution in [3.63, 3.8) is 0 Å². The summed E-state index contributed by atoms with van der Waals surface area (Å²) in [5.74, 6) is 0.918. The number of aryl methyl sites for hydroxylation is 1. The van der Waals surface area contributed by atoms with Gasteiger partial charge in [-0.25, -0.2) is 4.79 Å². The molecule has 0 fully saturated rings. The van der Waals surface area contributed by atoms with E-state index in [-0.39, 0.29) is 31.0 Å². The van der Waals surface area contributed by atoms with Gasteiger partial charge in [-0.1, -0.05) is 56.7 Å². The van der Waals surface area contributed by atoms with Gasteiger partial charge in [0.05, 0.1) is 0 Å². The van der Waals surface area contributed by atoms with Gasteiger partial charge in [0.15, 0.2) is 6.61 Å². The van der Waals surface area contributed by atoms with Crippen LogP contribution >= 0.6 is 0 Å². The zero-order chi connectivity index (χ0) is 20.6. The summed E-state index contributed by atoms with van der Waals surface area (Å²) in [5, 5.41) is 5.29. The van der Waals surface area contributed by atoms with Gasteiger partial charge in [0, 0.05) is 13.1 Å². The Morgan fingerprint density at radius 3 is 2.32 bits per heavy atom. The minimum absolute atomic E-state index is 0.0825. The number of carbonyl (C=O) groups is 2. The second-order valence-corrected chi connectivity index (χ2v) is 7.52. The molecule has 0 saturated carbocycles. The van der Waals surface area contributed by atoms with Crippen molar-refractivity contribution in [3.8, 4) is 11.5 Å². The molecule has 0 unspecified atom stereocenters. The van der Waals surface area contributed by atoms with Crippen molar-refractivity contribution in [2.45, 2.75) is 33.1 Å². The Morgan fingerprint density at radius 1 is 0.964 bits per heavy atom. The Bertz CT molecular complexity index is 798. The molecule has 0 aliphatic carbocycles. The van der Waals surface area contributed by atoms with E-state index in [0.717, 1.165) is 11.1 Å². The van der Waals surface area contributed by atoms with Crippen LogP contribution in [0.2, 0.25) is 0 Å². The Morgan fingerprint density at radius 2 is 1.64 bits per heavy atom. The number of amides is 2. The van der Waals surface area contributed by atoms with Gasteiger partial charge >= 0.3 is 6.09 Å². The van der Waals surface area contributed by atoms with Crippen molar-refractivity contribution in [2.75, 3.05) is 19.7 Å². The fourth-order valence-corrected chi connectivity index (χ4v) is 2.55. The average molecular weight is 384 g/mol. The lowest BCUT2D eigenvalue weighted by atomic mass is 9.85. The predicted molar refractivity (Wildman–Crippen MR) is 109 cm³/mol. The Hall–Kier alpha value is -3.02. The molecule has 0 aliphatic rings. The average Bonchev–Trinajstić information content (AvgIpc) is 2.64. The minimum atomic E-state index is -0.564. The van der Waals surface area contributed by atoms with Gasteiger partial charge in [0.25, 0.3) is 5.91 Å². The van der Waals surface area contributed by atoms with E-state index in [1.807, 2.05) is 25.1 Å². The SMILES string of the molecule is Cc1ccc(OCC(=O)NCCNC(=O)Oc2ccccc2)c(C(C)(C)C)c1. The molecule has 0 atom stereocenters. The summed E-state index contributed by atoms with van der Waals surface area (Å²) >= 11 is 0. The predicted octanol–water partition coefficient (Wildman–Crippen LogP) is 3.58. The van der Waals surface area contributed by atoms with Crippen LogP contribution in [0, 0.1) is 6.92 Å². The first-order valence-electron chi connectivity index (χ1n) is 9.27. The monoisotopic (exact) mass is 384 g/mol. The van der Waals surface area contributed by atoms with Crippen molar-refractivity contribution in [3.05, 3.63) is 59.7 Å². The standard InChI is InChI=1S/C22H28N2O4/c1-16-10-11-19(18(14-16)22(2,3)4)27-15-20(25)23-12-13-24-21(26)28-17-8-6-5-7-9-17/h5-11,14H,12-13,15H2,1-4H3,(H,23,25)(H,24,26). The lowest BCUT2D eigenvalue weighted by molar-refractivity contribution is -0.123. The number of rotatable bonds is 7. The van der Waals surface area contributed by atoms with Crippen LogP contribution in [0.4, 0.5) is 4.79 Å². The van der Waals surface area contributed by atoms with Crippen molar-refractivity contribution in [1.82, 2.24) is 10.6 Å². The summed E-state index contributed by atoms with van der Waals surface area (Å²) in [4.78, 5) is 23.7. The third kappa shape index (κ3) is 6.95. The summed E-state index contributed by atoms with van der Waals surface area (Å²) in [7, 11) is 0. The van der Waals surface area contributed by atoms with E-state index >= 15 is 0 Å². The lowest BCUT2D eigenvalue weighted by Crippen LogP contribution is -2.37. The Kier molecular flexibility index (Phi) is 7.44. The fraction of sp³-hybridized carbons (Fsp3) is 0.364. The maximum atomic E-state index is 12.0. The summed E-state index contributed by atoms with van der Waals surface area (Å²) < 4.78 is 10.8.